The van der Waals surface area contributed by atoms with Crippen LogP contribution >= 0.6 is 0 Å². The summed E-state index contributed by atoms with van der Waals surface area (Å²) in [6, 6.07) is 3.43. The number of nitrogens with one attached hydrogen (secondary N) is 1. The Hall–Kier alpha value is -1.90. The highest BCUT2D eigenvalue weighted by molar-refractivity contribution is 5.74. The van der Waals surface area contributed by atoms with Crippen LogP contribution in [0.5, 0.6) is 5.75 Å². The first-order valence-corrected chi connectivity index (χ1v) is 8.57. The Morgan fingerprint density at radius 1 is 1.36 bits per heavy atom. The molecule has 8 nitrogen and oxygen atoms in total. The van der Waals surface area contributed by atoms with Gasteiger partial charge in [-0.15, -0.1) is 0 Å². The first-order valence-electron chi connectivity index (χ1n) is 8.57. The number of ether oxygens (including phenoxy) is 2. The molecule has 2 heterocycles. The third-order valence-corrected chi connectivity index (χ3v) is 4.82. The van der Waals surface area contributed by atoms with Crippen molar-refractivity contribution in [2.24, 2.45) is 5.41 Å². The average molecular weight is 351 g/mol. The van der Waals surface area contributed by atoms with Crippen LogP contribution in [0.2, 0.25) is 0 Å². The van der Waals surface area contributed by atoms with Gasteiger partial charge in [-0.2, -0.15) is 0 Å². The molecule has 2 aliphatic rings. The maximum atomic E-state index is 12.3. The summed E-state index contributed by atoms with van der Waals surface area (Å²) in [4.78, 5) is 18.0. The molecule has 1 aliphatic carbocycles. The molecule has 1 unspecified atom stereocenters. The number of amides is 2. The molecule has 0 radical (unpaired) electrons. The minimum absolute atomic E-state index is 0.153. The van der Waals surface area contributed by atoms with Crippen LogP contribution in [-0.2, 0) is 4.74 Å². The summed E-state index contributed by atoms with van der Waals surface area (Å²) < 4.78 is 11.0. The molecule has 2 amide bonds. The van der Waals surface area contributed by atoms with Crippen LogP contribution in [0.3, 0.4) is 0 Å². The molecule has 0 aromatic carbocycles. The molecule has 1 saturated heterocycles. The van der Waals surface area contributed by atoms with Crippen LogP contribution < -0.4 is 10.1 Å². The van der Waals surface area contributed by atoms with Crippen LogP contribution in [0.4, 0.5) is 4.79 Å². The number of urea groups is 1. The molecule has 1 saturated carbocycles. The lowest BCUT2D eigenvalue weighted by atomic mass is 9.86. The van der Waals surface area contributed by atoms with E-state index < -0.39 is 17.6 Å². The molecule has 138 valence electrons. The average Bonchev–Trinajstić information content (AvgIpc) is 2.94. The number of aromatic nitrogens is 1. The third kappa shape index (κ3) is 4.59. The van der Waals surface area contributed by atoms with E-state index in [1.54, 1.807) is 29.4 Å². The van der Waals surface area contributed by atoms with Crippen molar-refractivity contribution < 1.29 is 24.5 Å². The van der Waals surface area contributed by atoms with E-state index in [0.29, 0.717) is 51.4 Å². The normalized spacial score (nSPS) is 29.4. The van der Waals surface area contributed by atoms with E-state index in [4.69, 9.17) is 9.47 Å². The summed E-state index contributed by atoms with van der Waals surface area (Å²) in [6.45, 7) is 2.83. The van der Waals surface area contributed by atoms with Crippen LogP contribution in [0.25, 0.3) is 0 Å². The van der Waals surface area contributed by atoms with Crippen LogP contribution in [0.15, 0.2) is 24.5 Å². The summed E-state index contributed by atoms with van der Waals surface area (Å²) in [5, 5.41) is 22.9. The number of aliphatic hydroxyl groups excluding tert-OH is 2. The van der Waals surface area contributed by atoms with Crippen molar-refractivity contribution in [1.82, 2.24) is 15.2 Å². The van der Waals surface area contributed by atoms with E-state index in [0.717, 1.165) is 0 Å². The quantitative estimate of drug-likeness (QED) is 0.690. The van der Waals surface area contributed by atoms with Crippen molar-refractivity contribution in [2.75, 3.05) is 39.5 Å². The fraction of sp³-hybridized carbons (Fsp3) is 0.647. The Morgan fingerprint density at radius 2 is 2.08 bits per heavy atom. The minimum atomic E-state index is -0.808. The van der Waals surface area contributed by atoms with Gasteiger partial charge in [-0.25, -0.2) is 4.79 Å². The van der Waals surface area contributed by atoms with E-state index in [9.17, 15) is 15.0 Å². The molecular formula is C17H25N3O5. The van der Waals surface area contributed by atoms with Crippen LogP contribution in [0.1, 0.15) is 12.8 Å². The number of morpholine rings is 1. The number of hydrogen-bond acceptors (Lipinski definition) is 6. The van der Waals surface area contributed by atoms with Gasteiger partial charge in [0.05, 0.1) is 38.2 Å². The summed E-state index contributed by atoms with van der Waals surface area (Å²) in [6.07, 6.45) is 2.40. The Balaban J connectivity index is 1.60. The second kappa shape index (κ2) is 7.99. The molecule has 1 aromatic rings. The van der Waals surface area contributed by atoms with Gasteiger partial charge in [0.1, 0.15) is 5.75 Å². The molecule has 8 heteroatoms. The van der Waals surface area contributed by atoms with E-state index in [-0.39, 0.29) is 12.6 Å². The van der Waals surface area contributed by atoms with Gasteiger partial charge in [0.2, 0.25) is 0 Å². The van der Waals surface area contributed by atoms with Crippen LogP contribution in [-0.4, -0.2) is 77.8 Å². The molecule has 3 rings (SSSR count). The number of carbonyl (C=O) groups is 1. The Kier molecular flexibility index (Phi) is 5.72. The van der Waals surface area contributed by atoms with E-state index >= 15 is 0 Å². The zero-order chi connectivity index (χ0) is 17.7. The molecule has 1 aliphatic heterocycles. The number of aliphatic hydroxyl groups is 2. The second-order valence-electron chi connectivity index (χ2n) is 6.78. The van der Waals surface area contributed by atoms with Gasteiger partial charge in [0, 0.05) is 31.2 Å². The Morgan fingerprint density at radius 3 is 2.72 bits per heavy atom. The molecule has 3 atom stereocenters. The minimum Gasteiger partial charge on any atom is -0.491 e. The monoisotopic (exact) mass is 351 g/mol. The van der Waals surface area contributed by atoms with Crippen molar-refractivity contribution in [1.29, 1.82) is 0 Å². The summed E-state index contributed by atoms with van der Waals surface area (Å²) in [5.41, 5.74) is -0.517. The summed E-state index contributed by atoms with van der Waals surface area (Å²) in [7, 11) is 0. The largest absolute Gasteiger partial charge is 0.491 e. The SMILES string of the molecule is O=C(NCC1(COc2cccnc2)C[C@@H](O)[C@@H](O)C1)N1CCOCC1. The van der Waals surface area contributed by atoms with E-state index in [1.807, 2.05) is 0 Å². The standard InChI is InChI=1S/C17H25N3O5/c21-14-8-17(9-15(14)22,12-25-13-2-1-3-18-10-13)11-19-16(23)20-4-6-24-7-5-20/h1-3,10,14-15,21-22H,4-9,11-12H2,(H,19,23)/t14-,15+,17?. The lowest BCUT2D eigenvalue weighted by Crippen LogP contribution is -2.49. The summed E-state index contributed by atoms with van der Waals surface area (Å²) in [5.74, 6) is 0.622. The lowest BCUT2D eigenvalue weighted by molar-refractivity contribution is 0.0438. The lowest BCUT2D eigenvalue weighted by Gasteiger charge is -2.32. The number of pyridine rings is 1. The molecule has 0 bridgehead atoms. The molecular weight excluding hydrogens is 326 g/mol. The smallest absolute Gasteiger partial charge is 0.317 e. The van der Waals surface area contributed by atoms with Gasteiger partial charge < -0.3 is 29.9 Å². The molecule has 0 spiro atoms. The van der Waals surface area contributed by atoms with Crippen molar-refractivity contribution >= 4 is 6.03 Å². The Bertz CT molecular complexity index is 555. The van der Waals surface area contributed by atoms with Gasteiger partial charge in [0.15, 0.2) is 0 Å². The number of hydrogen-bond donors (Lipinski definition) is 3. The predicted molar refractivity (Wildman–Crippen MR) is 89.2 cm³/mol. The van der Waals surface area contributed by atoms with Gasteiger partial charge in [-0.05, 0) is 25.0 Å². The molecule has 2 fully saturated rings. The van der Waals surface area contributed by atoms with E-state index in [1.165, 1.54) is 0 Å². The highest BCUT2D eigenvalue weighted by atomic mass is 16.5. The van der Waals surface area contributed by atoms with Gasteiger partial charge >= 0.3 is 6.03 Å². The number of nitrogens with zero attached hydrogens (tertiary/aromatic N) is 2. The highest BCUT2D eigenvalue weighted by Crippen LogP contribution is 2.38. The predicted octanol–water partition coefficient (Wildman–Crippen LogP) is 0.00420. The highest BCUT2D eigenvalue weighted by Gasteiger charge is 2.45. The summed E-state index contributed by atoms with van der Waals surface area (Å²) >= 11 is 0. The molecule has 1 aromatic heterocycles. The van der Waals surface area contributed by atoms with Crippen molar-refractivity contribution in [3.8, 4) is 5.75 Å². The zero-order valence-corrected chi connectivity index (χ0v) is 14.1. The Labute approximate surface area is 146 Å². The third-order valence-electron chi connectivity index (χ3n) is 4.82. The van der Waals surface area contributed by atoms with Crippen molar-refractivity contribution in [3.05, 3.63) is 24.5 Å². The zero-order valence-electron chi connectivity index (χ0n) is 14.1. The van der Waals surface area contributed by atoms with Gasteiger partial charge in [0.25, 0.3) is 0 Å². The van der Waals surface area contributed by atoms with Gasteiger partial charge in [-0.3, -0.25) is 4.98 Å². The van der Waals surface area contributed by atoms with Gasteiger partial charge in [-0.1, -0.05) is 0 Å². The fourth-order valence-corrected chi connectivity index (χ4v) is 3.37. The number of carbonyl (C=O) groups excluding carboxylic acids is 1. The first-order chi connectivity index (χ1) is 12.1. The molecule has 25 heavy (non-hydrogen) atoms. The maximum Gasteiger partial charge on any atom is 0.317 e. The van der Waals surface area contributed by atoms with Crippen molar-refractivity contribution in [3.63, 3.8) is 0 Å². The van der Waals surface area contributed by atoms with E-state index in [2.05, 4.69) is 10.3 Å². The number of rotatable bonds is 5. The topological polar surface area (TPSA) is 104 Å². The maximum absolute atomic E-state index is 12.3. The second-order valence-corrected chi connectivity index (χ2v) is 6.78. The van der Waals surface area contributed by atoms with Crippen molar-refractivity contribution in [2.45, 2.75) is 25.0 Å². The first kappa shape index (κ1) is 17.9. The molecule has 3 N–H and O–H groups in total. The fourth-order valence-electron chi connectivity index (χ4n) is 3.37. The van der Waals surface area contributed by atoms with Crippen LogP contribution in [0, 0.1) is 5.41 Å².